The van der Waals surface area contributed by atoms with Crippen molar-refractivity contribution in [2.24, 2.45) is 0 Å². The fraction of sp³-hybridized carbons (Fsp3) is 0. The molecule has 0 aliphatic rings. The van der Waals surface area contributed by atoms with E-state index in [-0.39, 0.29) is 0 Å². The van der Waals surface area contributed by atoms with Crippen LogP contribution in [0.15, 0.2) is 79.1 Å². The molecular formula is C20H14N3+. The van der Waals surface area contributed by atoms with Gasteiger partial charge in [0.25, 0.3) is 0 Å². The molecule has 0 saturated heterocycles. The molecule has 0 amide bonds. The summed E-state index contributed by atoms with van der Waals surface area (Å²) in [5.74, 6) is 7.13. The Kier molecular flexibility index (Phi) is 3.34. The molecule has 0 radical (unpaired) electrons. The second-order valence-corrected chi connectivity index (χ2v) is 5.19. The maximum atomic E-state index is 4.58. The van der Waals surface area contributed by atoms with Gasteiger partial charge in [0.1, 0.15) is 5.52 Å². The van der Waals surface area contributed by atoms with Gasteiger partial charge < -0.3 is 0 Å². The summed E-state index contributed by atoms with van der Waals surface area (Å²) >= 11 is 0. The summed E-state index contributed by atoms with van der Waals surface area (Å²) in [5, 5.41) is 0. The van der Waals surface area contributed by atoms with E-state index in [1.165, 1.54) is 0 Å². The van der Waals surface area contributed by atoms with E-state index in [9.17, 15) is 0 Å². The summed E-state index contributed by atoms with van der Waals surface area (Å²) in [6, 6.07) is 22.0. The Morgan fingerprint density at radius 2 is 1.39 bits per heavy atom. The molecule has 3 nitrogen and oxygen atoms in total. The third-order valence-electron chi connectivity index (χ3n) is 3.58. The van der Waals surface area contributed by atoms with Crippen LogP contribution in [0.3, 0.4) is 0 Å². The largest absolute Gasteiger partial charge is 0.401 e. The molecule has 0 spiro atoms. The summed E-state index contributed by atoms with van der Waals surface area (Å²) in [7, 11) is 0. The van der Waals surface area contributed by atoms with Gasteiger partial charge in [0.15, 0.2) is 5.52 Å². The van der Waals surface area contributed by atoms with Crippen molar-refractivity contribution in [1.29, 1.82) is 0 Å². The van der Waals surface area contributed by atoms with Crippen molar-refractivity contribution in [3.05, 3.63) is 90.3 Å². The molecule has 2 aromatic carbocycles. The molecule has 4 aromatic rings. The van der Waals surface area contributed by atoms with E-state index in [1.807, 2.05) is 83.7 Å². The van der Waals surface area contributed by atoms with Crippen LogP contribution in [0.5, 0.6) is 0 Å². The summed E-state index contributed by atoms with van der Waals surface area (Å²) in [6.07, 6.45) is 3.93. The van der Waals surface area contributed by atoms with Gasteiger partial charge in [-0.25, -0.2) is 9.55 Å². The van der Waals surface area contributed by atoms with Crippen LogP contribution in [0.2, 0.25) is 0 Å². The number of hydrogen-bond donors (Lipinski definition) is 1. The van der Waals surface area contributed by atoms with Crippen molar-refractivity contribution in [1.82, 2.24) is 9.97 Å². The molecule has 0 unspecified atom stereocenters. The maximum Gasteiger partial charge on any atom is 0.401 e. The number of rotatable bonds is 1. The van der Waals surface area contributed by atoms with Crippen LogP contribution in [0.1, 0.15) is 11.1 Å². The molecular weight excluding hydrogens is 282 g/mol. The monoisotopic (exact) mass is 296 g/mol. The summed E-state index contributed by atoms with van der Waals surface area (Å²) in [4.78, 5) is 7.88. The van der Waals surface area contributed by atoms with Crippen LogP contribution in [0.4, 0.5) is 0 Å². The number of pyridine rings is 1. The molecule has 0 aliphatic heterocycles. The number of hydrogen-bond acceptors (Lipinski definition) is 1. The van der Waals surface area contributed by atoms with Gasteiger partial charge in [-0.2, -0.15) is 0 Å². The van der Waals surface area contributed by atoms with Crippen LogP contribution >= 0.6 is 0 Å². The first-order valence-electron chi connectivity index (χ1n) is 7.42. The first-order chi connectivity index (χ1) is 11.4. The quantitative estimate of drug-likeness (QED) is 0.424. The highest BCUT2D eigenvalue weighted by Gasteiger charge is 2.12. The Bertz CT molecular complexity index is 970. The number of aromatic nitrogens is 3. The molecule has 0 fully saturated rings. The third kappa shape index (κ3) is 2.83. The Morgan fingerprint density at radius 1 is 0.739 bits per heavy atom. The minimum atomic E-state index is 0.800. The number of imidazole rings is 1. The van der Waals surface area contributed by atoms with Crippen LogP contribution in [-0.4, -0.2) is 9.97 Å². The number of aromatic amines is 1. The Balaban J connectivity index is 1.62. The molecule has 108 valence electrons. The summed E-state index contributed by atoms with van der Waals surface area (Å²) in [5.41, 5.74) is 3.98. The zero-order valence-electron chi connectivity index (χ0n) is 12.4. The van der Waals surface area contributed by atoms with E-state index in [1.54, 1.807) is 0 Å². The summed E-state index contributed by atoms with van der Waals surface area (Å²) in [6.45, 7) is 0. The first-order valence-corrected chi connectivity index (χ1v) is 7.42. The predicted octanol–water partition coefficient (Wildman–Crippen LogP) is 3.24. The van der Waals surface area contributed by atoms with Crippen molar-refractivity contribution in [3.63, 3.8) is 0 Å². The number of nitrogens with zero attached hydrogens (tertiary/aromatic N) is 2. The van der Waals surface area contributed by atoms with E-state index < -0.39 is 0 Å². The zero-order chi connectivity index (χ0) is 15.5. The van der Waals surface area contributed by atoms with Gasteiger partial charge in [0.05, 0.1) is 12.4 Å². The molecule has 0 bridgehead atoms. The minimum Gasteiger partial charge on any atom is -0.238 e. The Morgan fingerprint density at radius 3 is 2.13 bits per heavy atom. The fourth-order valence-electron chi connectivity index (χ4n) is 2.38. The standard InChI is InChI=1S/C20H14N3/c1-2-6-16(7-3-1)10-11-17-12-14-23(15-13-17)20-21-18-8-4-5-9-19(18)22-20/h1-9,12-15H,(H,21,22)/q+1. The van der Waals surface area contributed by atoms with E-state index in [4.69, 9.17) is 0 Å². The number of fused-ring (bicyclic) bond motifs is 1. The van der Waals surface area contributed by atoms with Gasteiger partial charge >= 0.3 is 5.95 Å². The van der Waals surface area contributed by atoms with Gasteiger partial charge in [0, 0.05) is 11.1 Å². The fourth-order valence-corrected chi connectivity index (χ4v) is 2.38. The zero-order valence-corrected chi connectivity index (χ0v) is 12.4. The number of nitrogens with one attached hydrogen (secondary N) is 1. The van der Waals surface area contributed by atoms with E-state index in [0.717, 1.165) is 28.1 Å². The average Bonchev–Trinajstić information content (AvgIpc) is 3.05. The second kappa shape index (κ2) is 5.78. The topological polar surface area (TPSA) is 32.6 Å². The van der Waals surface area contributed by atoms with Crippen molar-refractivity contribution in [2.75, 3.05) is 0 Å². The molecule has 1 N–H and O–H groups in total. The number of benzene rings is 2. The van der Waals surface area contributed by atoms with Crippen molar-refractivity contribution < 1.29 is 4.57 Å². The maximum absolute atomic E-state index is 4.58. The van der Waals surface area contributed by atoms with Gasteiger partial charge in [0.2, 0.25) is 0 Å². The Hall–Kier alpha value is -3.38. The van der Waals surface area contributed by atoms with Gasteiger partial charge in [-0.05, 0) is 36.4 Å². The summed E-state index contributed by atoms with van der Waals surface area (Å²) < 4.78 is 1.95. The van der Waals surface area contributed by atoms with Crippen LogP contribution in [-0.2, 0) is 0 Å². The molecule has 0 saturated carbocycles. The van der Waals surface area contributed by atoms with Crippen LogP contribution < -0.4 is 4.57 Å². The normalized spacial score (nSPS) is 10.3. The first kappa shape index (κ1) is 13.3. The highest BCUT2D eigenvalue weighted by Crippen LogP contribution is 2.10. The molecule has 2 heterocycles. The lowest BCUT2D eigenvalue weighted by atomic mass is 10.2. The highest BCUT2D eigenvalue weighted by molar-refractivity contribution is 5.75. The highest BCUT2D eigenvalue weighted by atomic mass is 15.1. The second-order valence-electron chi connectivity index (χ2n) is 5.19. The smallest absolute Gasteiger partial charge is 0.238 e. The molecule has 3 heteroatoms. The molecule has 23 heavy (non-hydrogen) atoms. The SMILES string of the molecule is C(#Cc1cc[n+](-c2nc3ccccc3[nH]2)cc1)c1ccccc1. The minimum absolute atomic E-state index is 0.800. The van der Waals surface area contributed by atoms with Crippen LogP contribution in [0.25, 0.3) is 17.0 Å². The lowest BCUT2D eigenvalue weighted by Gasteiger charge is -1.94. The number of H-pyrrole nitrogens is 1. The predicted molar refractivity (Wildman–Crippen MR) is 90.0 cm³/mol. The van der Waals surface area contributed by atoms with Gasteiger partial charge in [-0.15, -0.1) is 0 Å². The van der Waals surface area contributed by atoms with E-state index in [0.29, 0.717) is 0 Å². The van der Waals surface area contributed by atoms with Crippen molar-refractivity contribution in [3.8, 4) is 17.8 Å². The molecule has 2 aromatic heterocycles. The van der Waals surface area contributed by atoms with Crippen molar-refractivity contribution in [2.45, 2.75) is 0 Å². The van der Waals surface area contributed by atoms with Crippen LogP contribution in [0, 0.1) is 11.8 Å². The van der Waals surface area contributed by atoms with Crippen molar-refractivity contribution >= 4 is 11.0 Å². The molecule has 0 aliphatic carbocycles. The van der Waals surface area contributed by atoms with E-state index >= 15 is 0 Å². The lowest BCUT2D eigenvalue weighted by Crippen LogP contribution is -2.30. The molecule has 0 atom stereocenters. The lowest BCUT2D eigenvalue weighted by molar-refractivity contribution is -0.603. The molecule has 4 rings (SSSR count). The average molecular weight is 296 g/mol. The number of para-hydroxylation sites is 2. The van der Waals surface area contributed by atoms with Gasteiger partial charge in [-0.1, -0.05) is 47.2 Å². The van der Waals surface area contributed by atoms with Gasteiger partial charge in [-0.3, -0.25) is 0 Å². The third-order valence-corrected chi connectivity index (χ3v) is 3.58. The van der Waals surface area contributed by atoms with E-state index in [2.05, 4.69) is 21.8 Å². The Labute approximate surface area is 134 Å².